The van der Waals surface area contributed by atoms with Crippen LogP contribution in [-0.4, -0.2) is 104 Å². The Labute approximate surface area is 102 Å². The quantitative estimate of drug-likeness (QED) is 0.337. The Morgan fingerprint density at radius 1 is 0.800 bits per heavy atom. The summed E-state index contributed by atoms with van der Waals surface area (Å²) >= 11 is 0. The van der Waals surface area contributed by atoms with Gasteiger partial charge in [-0.3, -0.25) is 0 Å². The molecule has 0 aliphatic rings. The van der Waals surface area contributed by atoms with E-state index in [0.717, 1.165) is 0 Å². The van der Waals surface area contributed by atoms with Crippen molar-refractivity contribution in [1.29, 1.82) is 0 Å². The fourth-order valence-corrected chi connectivity index (χ4v) is 0. The molecule has 0 heterocycles. The average molecular weight is 429 g/mol. The first kappa shape index (κ1) is 40.3. The molecule has 5 heteroatoms. The number of rotatable bonds is 0. The molecule has 0 rings (SSSR count). The third kappa shape index (κ3) is 18.8. The normalized spacial score (nSPS) is 0. The zero-order valence-electron chi connectivity index (χ0n) is 2.12. The topological polar surface area (TPSA) is 0 Å². The van der Waals surface area contributed by atoms with E-state index < -0.39 is 0 Å². The van der Waals surface area contributed by atoms with E-state index in [1.807, 2.05) is 0 Å². The number of hydrogen-bond acceptors (Lipinski definition) is 0. The summed E-state index contributed by atoms with van der Waals surface area (Å²) in [5.41, 5.74) is 0. The molecule has 0 radical (unpaired) electrons. The van der Waals surface area contributed by atoms with Gasteiger partial charge in [-0.15, -0.1) is 0 Å². The van der Waals surface area contributed by atoms with Crippen LogP contribution in [0.15, 0.2) is 0 Å². The Morgan fingerprint density at radius 3 is 0.800 bits per heavy atom. The average Bonchev–Trinajstić information content (AvgIpc) is 0. The molecule has 0 spiro atoms. The summed E-state index contributed by atoms with van der Waals surface area (Å²) < 4.78 is 0. The van der Waals surface area contributed by atoms with E-state index in [2.05, 4.69) is 0 Å². The van der Waals surface area contributed by atoms with Crippen molar-refractivity contribution in [2.24, 2.45) is 0 Å². The van der Waals surface area contributed by atoms with Gasteiger partial charge >= 0.3 is 86.2 Å². The fraction of sp³-hybridized carbons (Fsp3) is 0. The van der Waals surface area contributed by atoms with Crippen molar-refractivity contribution in [1.82, 2.24) is 0 Å². The van der Waals surface area contributed by atoms with Crippen LogP contribution in [0.2, 0.25) is 0 Å². The van der Waals surface area contributed by atoms with E-state index in [4.69, 9.17) is 0 Å². The first-order chi connectivity index (χ1) is 0. The van der Waals surface area contributed by atoms with Gasteiger partial charge in [-0.05, 0) is 0 Å². The molecule has 0 aliphatic heterocycles. The first-order valence-corrected chi connectivity index (χ1v) is 0. The van der Waals surface area contributed by atoms with Gasteiger partial charge in [-0.25, -0.2) is 0 Å². The maximum absolute atomic E-state index is 0. The van der Waals surface area contributed by atoms with E-state index in [9.17, 15) is 0 Å². The molecule has 0 N–H and O–H groups in total. The second kappa shape index (κ2) is 26.5. The first-order valence-electron chi connectivity index (χ1n) is 0. The van der Waals surface area contributed by atoms with E-state index in [1.54, 1.807) is 0 Å². The Bertz CT molecular complexity index is 9.61. The molecule has 36 valence electrons. The van der Waals surface area contributed by atoms with Crippen molar-refractivity contribution in [3.8, 4) is 0 Å². The van der Waals surface area contributed by atoms with Crippen LogP contribution in [0, 0.1) is 0 Å². The SMILES string of the molecule is [AlH3].[AsH3].[AsH3].[InH3].[SbH3]. The molecule has 0 aromatic carbocycles. The summed E-state index contributed by atoms with van der Waals surface area (Å²) in [4.78, 5) is 0. The molecule has 0 fully saturated rings. The summed E-state index contributed by atoms with van der Waals surface area (Å²) in [7, 11) is 0. The molecule has 0 aromatic rings. The maximum atomic E-state index is 0. The van der Waals surface area contributed by atoms with Crippen molar-refractivity contribution in [2.75, 3.05) is 0 Å². The summed E-state index contributed by atoms with van der Waals surface area (Å²) in [5.74, 6) is 0. The summed E-state index contributed by atoms with van der Waals surface area (Å²) in [6.45, 7) is 0. The van der Waals surface area contributed by atoms with Gasteiger partial charge in [0.05, 0.1) is 0 Å². The molecule has 0 aromatic heterocycles. The zero-order valence-corrected chi connectivity index (χ0v) is 12.1. The molecule has 0 saturated carbocycles. The molecule has 0 aliphatic carbocycles. The molecule has 2 atom stereocenters. The monoisotopic (exact) mass is 428 g/mol. The molecular weight excluding hydrogens is 413 g/mol. The molecule has 0 saturated heterocycles. The molecule has 0 nitrogen and oxygen atoms in total. The van der Waals surface area contributed by atoms with Gasteiger partial charge in [0.25, 0.3) is 0 Å². The van der Waals surface area contributed by atoms with Crippen LogP contribution in [0.3, 0.4) is 0 Å². The molecular formula is H15AlAs2InSb. The van der Waals surface area contributed by atoms with Gasteiger partial charge in [-0.2, -0.15) is 0 Å². The Kier molecular flexibility index (Phi) is 213. The van der Waals surface area contributed by atoms with Crippen molar-refractivity contribution in [3.05, 3.63) is 0 Å². The van der Waals surface area contributed by atoms with Crippen LogP contribution >= 0.6 is 0 Å². The molecule has 5 heavy (non-hydrogen) atoms. The minimum absolute atomic E-state index is 0. The van der Waals surface area contributed by atoms with Crippen LogP contribution in [0.5, 0.6) is 0 Å². The van der Waals surface area contributed by atoms with Gasteiger partial charge in [-0.1, -0.05) is 0 Å². The van der Waals surface area contributed by atoms with Crippen LogP contribution in [0.4, 0.5) is 0 Å². The third-order valence-electron chi connectivity index (χ3n) is 0. The third-order valence-corrected chi connectivity index (χ3v) is 0. The summed E-state index contributed by atoms with van der Waals surface area (Å²) in [6.07, 6.45) is 0. The number of hydrogen-bond donors (Lipinski definition) is 0. The van der Waals surface area contributed by atoms with Crippen molar-refractivity contribution in [3.63, 3.8) is 0 Å². The zero-order chi connectivity index (χ0) is 0. The van der Waals surface area contributed by atoms with Crippen LogP contribution in [-0.2, 0) is 0 Å². The van der Waals surface area contributed by atoms with Gasteiger partial charge < -0.3 is 0 Å². The van der Waals surface area contributed by atoms with Gasteiger partial charge in [0.2, 0.25) is 0 Å². The Balaban J connectivity index is 0. The summed E-state index contributed by atoms with van der Waals surface area (Å²) in [5, 5.41) is 0. The molecule has 2 unspecified atom stereocenters. The Hall–Kier alpha value is 3.34. The van der Waals surface area contributed by atoms with Gasteiger partial charge in [0.1, 0.15) is 0 Å². The summed E-state index contributed by atoms with van der Waals surface area (Å²) in [6, 6.07) is 0. The van der Waals surface area contributed by atoms with Crippen molar-refractivity contribution >= 4 is 104 Å². The van der Waals surface area contributed by atoms with E-state index >= 15 is 0 Å². The Morgan fingerprint density at radius 2 is 0.800 bits per heavy atom. The van der Waals surface area contributed by atoms with Gasteiger partial charge in [0.15, 0.2) is 17.4 Å². The molecule has 0 amide bonds. The predicted octanol–water partition coefficient (Wildman–Crippen LogP) is -5.92. The van der Waals surface area contributed by atoms with E-state index in [0.29, 0.717) is 0 Å². The van der Waals surface area contributed by atoms with Crippen molar-refractivity contribution in [2.45, 2.75) is 0 Å². The van der Waals surface area contributed by atoms with Gasteiger partial charge in [0, 0.05) is 0 Å². The minimum atomic E-state index is 0. The van der Waals surface area contributed by atoms with Crippen LogP contribution in [0.25, 0.3) is 0 Å². The van der Waals surface area contributed by atoms with Crippen LogP contribution in [0.1, 0.15) is 0 Å². The van der Waals surface area contributed by atoms with Crippen LogP contribution < -0.4 is 0 Å². The fourth-order valence-electron chi connectivity index (χ4n) is 0. The second-order valence-corrected chi connectivity index (χ2v) is 0. The predicted molar refractivity (Wildman–Crippen MR) is 49.7 cm³/mol. The van der Waals surface area contributed by atoms with Crippen molar-refractivity contribution < 1.29 is 0 Å². The second-order valence-electron chi connectivity index (χ2n) is 0. The standard InChI is InChI=1S/Al.2AsH3.In.Sb.9H/h;2*1H3;;;;;;;;;;;. The molecule has 0 bridgehead atoms. The van der Waals surface area contributed by atoms with E-state index in [-0.39, 0.29) is 104 Å². The van der Waals surface area contributed by atoms with E-state index in [1.165, 1.54) is 0 Å².